The molecule has 1 atom stereocenters. The van der Waals surface area contributed by atoms with Gasteiger partial charge in [-0.2, -0.15) is 12.5 Å². The first kappa shape index (κ1) is 29.2. The van der Waals surface area contributed by atoms with E-state index >= 15 is 0 Å². The molecule has 5 aromatic rings. The molecule has 1 unspecified atom stereocenters. The Kier molecular flexibility index (Phi) is 9.44. The van der Waals surface area contributed by atoms with Gasteiger partial charge in [-0.3, -0.25) is 0 Å². The first-order valence-electron chi connectivity index (χ1n) is 12.7. The van der Waals surface area contributed by atoms with Gasteiger partial charge in [0.1, 0.15) is 0 Å². The van der Waals surface area contributed by atoms with Crippen molar-refractivity contribution in [2.45, 2.75) is 26.7 Å². The Morgan fingerprint density at radius 3 is 2.10 bits per heavy atom. The minimum absolute atomic E-state index is 0. The summed E-state index contributed by atoms with van der Waals surface area (Å²) in [4.78, 5) is 0. The van der Waals surface area contributed by atoms with Gasteiger partial charge in [0.05, 0.1) is 0 Å². The molecule has 2 N–H and O–H groups in total. The number of nitrogens with two attached hydrogens (primary N) is 1. The van der Waals surface area contributed by atoms with Crippen LogP contribution in [0.5, 0.6) is 0 Å². The van der Waals surface area contributed by atoms with Crippen LogP contribution in [0.2, 0.25) is 0 Å². The van der Waals surface area contributed by atoms with Crippen LogP contribution in [0, 0.1) is 27.7 Å². The van der Waals surface area contributed by atoms with E-state index in [1.807, 2.05) is 0 Å². The molecule has 1 aliphatic carbocycles. The molecule has 0 saturated heterocycles. The van der Waals surface area contributed by atoms with E-state index in [9.17, 15) is 0 Å². The van der Waals surface area contributed by atoms with Crippen LogP contribution < -0.4 is 0 Å². The van der Waals surface area contributed by atoms with E-state index in [0.29, 0.717) is 0 Å². The Balaban J connectivity index is 0.000000845. The quantitative estimate of drug-likeness (QED) is 0.149. The van der Waals surface area contributed by atoms with Gasteiger partial charge in [-0.25, -0.2) is 0 Å². The summed E-state index contributed by atoms with van der Waals surface area (Å²) in [6.07, 6.45) is 2.37. The smallest absolute Gasteiger partial charge is 0.693 e. The number of allylic oxidation sites excluding steroid dienone is 1. The Bertz CT molecular complexity index is 1660. The molecule has 5 aromatic carbocycles. The van der Waals surface area contributed by atoms with E-state index in [1.54, 1.807) is 0 Å². The molecule has 39 heavy (non-hydrogen) atoms. The van der Waals surface area contributed by atoms with E-state index in [1.165, 1.54) is 66.4 Å². The van der Waals surface area contributed by atoms with Gasteiger partial charge >= 0.3 is 35.6 Å². The van der Waals surface area contributed by atoms with Gasteiger partial charge in [0.15, 0.2) is 0 Å². The third-order valence-electron chi connectivity index (χ3n) is 7.87. The fourth-order valence-corrected chi connectivity index (χ4v) is 5.74. The molecule has 0 spiro atoms. The second-order valence-electron chi connectivity index (χ2n) is 9.82. The van der Waals surface area contributed by atoms with Crippen molar-refractivity contribution in [3.05, 3.63) is 155 Å². The zero-order valence-corrected chi connectivity index (χ0v) is 25.5. The predicted octanol–water partition coefficient (Wildman–Crippen LogP) is 11.4. The van der Waals surface area contributed by atoms with Crippen LogP contribution in [-0.4, -0.2) is 0 Å². The maximum atomic E-state index is 4.89. The minimum Gasteiger partial charge on any atom is -0.693 e. The molecule has 0 aliphatic heterocycles. The zero-order chi connectivity index (χ0) is 26.8. The number of benzene rings is 5. The monoisotopic (exact) mass is 583 g/mol. The predicted molar refractivity (Wildman–Crippen MR) is 168 cm³/mol. The molecule has 0 saturated carbocycles. The van der Waals surface area contributed by atoms with E-state index in [-0.39, 0.29) is 12.1 Å². The summed E-state index contributed by atoms with van der Waals surface area (Å²) >= 11 is -0.556. The summed E-state index contributed by atoms with van der Waals surface area (Å²) in [7, 11) is 9.78. The number of rotatable bonds is 3. The molecule has 1 aliphatic rings. The Morgan fingerprint density at radius 1 is 0.718 bits per heavy atom. The Hall–Kier alpha value is -2.78. The van der Waals surface area contributed by atoms with Crippen molar-refractivity contribution in [2.75, 3.05) is 0 Å². The van der Waals surface area contributed by atoms with Crippen molar-refractivity contribution in [2.24, 2.45) is 0 Å². The summed E-state index contributed by atoms with van der Waals surface area (Å²) in [5.74, 6) is 0.149. The Labute approximate surface area is 249 Å². The van der Waals surface area contributed by atoms with Gasteiger partial charge in [0, 0.05) is 0 Å². The van der Waals surface area contributed by atoms with Gasteiger partial charge in [-0.1, -0.05) is 114 Å². The van der Waals surface area contributed by atoms with E-state index in [2.05, 4.69) is 124 Å². The van der Waals surface area contributed by atoms with Crippen LogP contribution >= 0.6 is 18.6 Å². The molecule has 0 bridgehead atoms. The third kappa shape index (κ3) is 5.48. The maximum Gasteiger partial charge on any atom is -0.693 e. The second kappa shape index (κ2) is 12.6. The second-order valence-corrected chi connectivity index (χ2v) is 12.4. The summed E-state index contributed by atoms with van der Waals surface area (Å²) in [6.45, 7) is 11.4. The van der Waals surface area contributed by atoms with Crippen LogP contribution in [0.1, 0.15) is 50.4 Å². The number of halogens is 2. The van der Waals surface area contributed by atoms with Crippen molar-refractivity contribution >= 4 is 41.0 Å². The minimum atomic E-state index is -0.556. The molecule has 0 radical (unpaired) electrons. The van der Waals surface area contributed by atoms with E-state index < -0.39 is 17.0 Å². The van der Waals surface area contributed by atoms with Crippen molar-refractivity contribution in [3.8, 4) is 11.1 Å². The maximum absolute atomic E-state index is 4.89. The van der Waals surface area contributed by atoms with Gasteiger partial charge < -0.3 is 6.15 Å². The standard InChI is InChI=1S/C35H29.2ClH.H2N.Ti/c1-22-18-19-29(24(3)23(22)2)34-25(4)32(20-27-14-8-10-16-30(27)34)35-31-17-11-9-15-28(31)21-33(35)26-12-6-5-7-13-26;;;;/h5-21,35H,4H2,1-3H3;2*1H;1H2;/q-1;;;-1;+2/p-2. The number of aryl methyl sites for hydroxylation is 1. The fourth-order valence-electron chi connectivity index (χ4n) is 5.74. The molecular formula is C35H31Cl2NTi-2. The van der Waals surface area contributed by atoms with Crippen LogP contribution in [-0.2, 0) is 17.0 Å². The van der Waals surface area contributed by atoms with Crippen molar-refractivity contribution in [1.82, 2.24) is 0 Å². The normalized spacial score (nSPS) is 13.6. The van der Waals surface area contributed by atoms with Gasteiger partial charge in [0.2, 0.25) is 0 Å². The average Bonchev–Trinajstić information content (AvgIpc) is 3.33. The molecule has 4 heteroatoms. The molecular weight excluding hydrogens is 553 g/mol. The molecule has 0 fully saturated rings. The summed E-state index contributed by atoms with van der Waals surface area (Å²) in [6, 6.07) is 35.3. The van der Waals surface area contributed by atoms with Crippen LogP contribution in [0.25, 0.3) is 39.7 Å². The van der Waals surface area contributed by atoms with Crippen molar-refractivity contribution in [1.29, 1.82) is 0 Å². The SMILES string of the molecule is [CH2-]c1c(C2C(c3ccccc3)=Cc3ccccc32)cc2ccccc2c1-c1ccc(C)c(C)c1C.[Cl][Ti][Cl].[NH2-]. The summed E-state index contributed by atoms with van der Waals surface area (Å²) < 4.78 is 0. The molecule has 0 aromatic heterocycles. The van der Waals surface area contributed by atoms with Crippen LogP contribution in [0.3, 0.4) is 0 Å². The van der Waals surface area contributed by atoms with Crippen LogP contribution in [0.15, 0.2) is 97.1 Å². The first-order chi connectivity index (χ1) is 18.5. The number of fused-ring (bicyclic) bond motifs is 2. The number of hydrogen-bond donors (Lipinski definition) is 0. The van der Waals surface area contributed by atoms with E-state index in [0.717, 1.165) is 5.56 Å². The number of hydrogen-bond acceptors (Lipinski definition) is 0. The topological polar surface area (TPSA) is 33.5 Å². The first-order valence-corrected chi connectivity index (χ1v) is 17.0. The summed E-state index contributed by atoms with van der Waals surface area (Å²) in [5.41, 5.74) is 14.2. The molecule has 1 nitrogen and oxygen atoms in total. The zero-order valence-electron chi connectivity index (χ0n) is 22.4. The van der Waals surface area contributed by atoms with Gasteiger partial charge in [0.25, 0.3) is 0 Å². The van der Waals surface area contributed by atoms with Crippen LogP contribution in [0.4, 0.5) is 0 Å². The third-order valence-corrected chi connectivity index (χ3v) is 7.87. The average molecular weight is 584 g/mol. The molecule has 0 amide bonds. The largest absolute Gasteiger partial charge is 0.693 e. The van der Waals surface area contributed by atoms with Gasteiger partial charge in [-0.05, 0) is 65.5 Å². The fraction of sp³-hybridized carbons (Fsp3) is 0.114. The van der Waals surface area contributed by atoms with Gasteiger partial charge in [-0.15, -0.1) is 17.2 Å². The van der Waals surface area contributed by atoms with Crippen molar-refractivity contribution < 1.29 is 17.0 Å². The molecule has 0 heterocycles. The van der Waals surface area contributed by atoms with E-state index in [4.69, 9.17) is 25.5 Å². The molecule has 196 valence electrons. The summed E-state index contributed by atoms with van der Waals surface area (Å²) in [5, 5.41) is 2.53. The molecule has 6 rings (SSSR count). The Morgan fingerprint density at radius 2 is 1.36 bits per heavy atom. The van der Waals surface area contributed by atoms with Crippen molar-refractivity contribution in [3.63, 3.8) is 0 Å².